The lowest BCUT2D eigenvalue weighted by atomic mass is 10.2. The average Bonchev–Trinajstić information content (AvgIpc) is 2.54. The van der Waals surface area contributed by atoms with Gasteiger partial charge in [0.1, 0.15) is 11.6 Å². The minimum absolute atomic E-state index is 0.0187. The number of rotatable bonds is 4. The molecule has 2 unspecified atom stereocenters. The van der Waals surface area contributed by atoms with Gasteiger partial charge in [0.05, 0.1) is 28.5 Å². The molecule has 26 heavy (non-hydrogen) atoms. The molecule has 1 heterocycles. The highest BCUT2D eigenvalue weighted by atomic mass is 32.2. The van der Waals surface area contributed by atoms with E-state index in [1.807, 2.05) is 18.7 Å². The van der Waals surface area contributed by atoms with Crippen LogP contribution in [0.25, 0.3) is 0 Å². The Bertz CT molecular complexity index is 878. The molecule has 2 atom stereocenters. The molecular formula is C18H20F2N2O3S. The molecule has 1 aliphatic rings. The molecule has 0 bridgehead atoms. The number of morpholine rings is 1. The van der Waals surface area contributed by atoms with Crippen molar-refractivity contribution in [1.29, 1.82) is 0 Å². The highest BCUT2D eigenvalue weighted by molar-refractivity contribution is 7.92. The lowest BCUT2D eigenvalue weighted by Crippen LogP contribution is -2.45. The summed E-state index contributed by atoms with van der Waals surface area (Å²) in [6.07, 6.45) is -0.0374. The van der Waals surface area contributed by atoms with Crippen LogP contribution < -0.4 is 9.62 Å². The van der Waals surface area contributed by atoms with Gasteiger partial charge in [-0.15, -0.1) is 0 Å². The second kappa shape index (κ2) is 7.20. The highest BCUT2D eigenvalue weighted by Crippen LogP contribution is 2.27. The Morgan fingerprint density at radius 1 is 1.04 bits per heavy atom. The zero-order valence-electron chi connectivity index (χ0n) is 14.4. The zero-order valence-corrected chi connectivity index (χ0v) is 15.3. The predicted molar refractivity (Wildman–Crippen MR) is 95.8 cm³/mol. The van der Waals surface area contributed by atoms with E-state index in [1.54, 1.807) is 6.07 Å². The van der Waals surface area contributed by atoms with Gasteiger partial charge >= 0.3 is 0 Å². The predicted octanol–water partition coefficient (Wildman–Crippen LogP) is 3.38. The monoisotopic (exact) mass is 382 g/mol. The van der Waals surface area contributed by atoms with Crippen LogP contribution >= 0.6 is 0 Å². The van der Waals surface area contributed by atoms with Crippen LogP contribution in [-0.2, 0) is 14.8 Å². The van der Waals surface area contributed by atoms with Gasteiger partial charge in [0.25, 0.3) is 10.0 Å². The third kappa shape index (κ3) is 4.13. The molecule has 0 spiro atoms. The van der Waals surface area contributed by atoms with Crippen molar-refractivity contribution >= 4 is 21.4 Å². The fourth-order valence-electron chi connectivity index (χ4n) is 3.03. The molecule has 8 heteroatoms. The van der Waals surface area contributed by atoms with Crippen molar-refractivity contribution in [2.45, 2.75) is 31.0 Å². The molecule has 0 radical (unpaired) electrons. The molecule has 5 nitrogen and oxygen atoms in total. The Balaban J connectivity index is 1.80. The largest absolute Gasteiger partial charge is 0.372 e. The lowest BCUT2D eigenvalue weighted by molar-refractivity contribution is -0.00539. The van der Waals surface area contributed by atoms with Crippen LogP contribution in [0.1, 0.15) is 13.8 Å². The number of hydrogen-bond acceptors (Lipinski definition) is 4. The molecule has 2 aromatic carbocycles. The summed E-state index contributed by atoms with van der Waals surface area (Å²) in [6, 6.07) is 8.60. The van der Waals surface area contributed by atoms with Gasteiger partial charge in [0, 0.05) is 19.2 Å². The summed E-state index contributed by atoms with van der Waals surface area (Å²) in [5, 5.41) is 0. The topological polar surface area (TPSA) is 58.6 Å². The molecule has 140 valence electrons. The SMILES string of the molecule is CC1CN(c2ccc(NS(=O)(=O)c3ccc(F)cc3)cc2F)CC(C)O1. The minimum atomic E-state index is -3.92. The number of halogens is 2. The number of nitrogens with zero attached hydrogens (tertiary/aromatic N) is 1. The van der Waals surface area contributed by atoms with Gasteiger partial charge < -0.3 is 9.64 Å². The standard InChI is InChI=1S/C18H20F2N2O3S/c1-12-10-22(11-13(2)25-12)18-8-5-15(9-17(18)20)21-26(23,24)16-6-3-14(19)4-7-16/h3-9,12-13,21H,10-11H2,1-2H3. The number of hydrogen-bond donors (Lipinski definition) is 1. The Morgan fingerprint density at radius 2 is 1.65 bits per heavy atom. The van der Waals surface area contributed by atoms with E-state index in [4.69, 9.17) is 4.74 Å². The van der Waals surface area contributed by atoms with Gasteiger partial charge in [-0.25, -0.2) is 17.2 Å². The normalized spacial score (nSPS) is 20.8. The molecular weight excluding hydrogens is 362 g/mol. The Hall–Kier alpha value is -2.19. The summed E-state index contributed by atoms with van der Waals surface area (Å²) >= 11 is 0. The molecule has 3 rings (SSSR count). The van der Waals surface area contributed by atoms with E-state index in [0.717, 1.165) is 30.3 Å². The van der Waals surface area contributed by atoms with Crippen molar-refractivity contribution in [1.82, 2.24) is 0 Å². The van der Waals surface area contributed by atoms with E-state index in [1.165, 1.54) is 6.07 Å². The van der Waals surface area contributed by atoms with Crippen molar-refractivity contribution in [3.63, 3.8) is 0 Å². The minimum Gasteiger partial charge on any atom is -0.372 e. The van der Waals surface area contributed by atoms with Gasteiger partial charge in [-0.2, -0.15) is 0 Å². The van der Waals surface area contributed by atoms with Crippen molar-refractivity contribution < 1.29 is 21.9 Å². The summed E-state index contributed by atoms with van der Waals surface area (Å²) in [7, 11) is -3.92. The number of sulfonamides is 1. The quantitative estimate of drug-likeness (QED) is 0.881. The summed E-state index contributed by atoms with van der Waals surface area (Å²) in [6.45, 7) is 4.96. The zero-order chi connectivity index (χ0) is 18.9. The molecule has 0 aromatic heterocycles. The second-order valence-corrected chi connectivity index (χ2v) is 8.07. The molecule has 1 aliphatic heterocycles. The van der Waals surface area contributed by atoms with E-state index < -0.39 is 21.7 Å². The van der Waals surface area contributed by atoms with Crippen LogP contribution in [0.2, 0.25) is 0 Å². The van der Waals surface area contributed by atoms with E-state index in [0.29, 0.717) is 18.8 Å². The van der Waals surface area contributed by atoms with Crippen molar-refractivity contribution in [2.24, 2.45) is 0 Å². The number of nitrogens with one attached hydrogen (secondary N) is 1. The van der Waals surface area contributed by atoms with Crippen LogP contribution in [0.4, 0.5) is 20.2 Å². The third-order valence-corrected chi connectivity index (χ3v) is 5.48. The first-order chi connectivity index (χ1) is 12.2. The van der Waals surface area contributed by atoms with Gasteiger partial charge in [0.2, 0.25) is 0 Å². The maximum absolute atomic E-state index is 14.6. The number of ether oxygens (including phenoxy) is 1. The van der Waals surface area contributed by atoms with Crippen molar-refractivity contribution in [3.8, 4) is 0 Å². The molecule has 2 aromatic rings. The smallest absolute Gasteiger partial charge is 0.261 e. The Labute approximate surface area is 151 Å². The number of anilines is 2. The first-order valence-corrected chi connectivity index (χ1v) is 9.71. The maximum atomic E-state index is 14.6. The average molecular weight is 382 g/mol. The molecule has 1 fully saturated rings. The van der Waals surface area contributed by atoms with Crippen LogP contribution in [-0.4, -0.2) is 33.7 Å². The first kappa shape index (κ1) is 18.6. The lowest BCUT2D eigenvalue weighted by Gasteiger charge is -2.37. The van der Waals surface area contributed by atoms with Crippen molar-refractivity contribution in [3.05, 3.63) is 54.1 Å². The summed E-state index contributed by atoms with van der Waals surface area (Å²) in [5.74, 6) is -1.06. The Morgan fingerprint density at radius 3 is 2.23 bits per heavy atom. The van der Waals surface area contributed by atoms with Crippen LogP contribution in [0, 0.1) is 11.6 Å². The summed E-state index contributed by atoms with van der Waals surface area (Å²) in [5.41, 5.74) is 0.502. The second-order valence-electron chi connectivity index (χ2n) is 6.39. The fourth-order valence-corrected chi connectivity index (χ4v) is 4.08. The first-order valence-electron chi connectivity index (χ1n) is 8.23. The van der Waals surface area contributed by atoms with Gasteiger partial charge in [-0.3, -0.25) is 4.72 Å². The van der Waals surface area contributed by atoms with Gasteiger partial charge in [-0.1, -0.05) is 0 Å². The summed E-state index contributed by atoms with van der Waals surface area (Å²) in [4.78, 5) is 1.78. The van der Waals surface area contributed by atoms with Gasteiger partial charge in [0.15, 0.2) is 0 Å². The Kier molecular flexibility index (Phi) is 5.15. The number of benzene rings is 2. The molecule has 1 N–H and O–H groups in total. The van der Waals surface area contributed by atoms with E-state index in [-0.39, 0.29) is 22.8 Å². The molecule has 1 saturated heterocycles. The van der Waals surface area contributed by atoms with Crippen LogP contribution in [0.15, 0.2) is 47.4 Å². The molecule has 0 saturated carbocycles. The van der Waals surface area contributed by atoms with Crippen molar-refractivity contribution in [2.75, 3.05) is 22.7 Å². The van der Waals surface area contributed by atoms with E-state index >= 15 is 0 Å². The summed E-state index contributed by atoms with van der Waals surface area (Å²) < 4.78 is 60.1. The fraction of sp³-hybridized carbons (Fsp3) is 0.333. The molecule has 0 amide bonds. The van der Waals surface area contributed by atoms with E-state index in [9.17, 15) is 17.2 Å². The highest BCUT2D eigenvalue weighted by Gasteiger charge is 2.24. The molecule has 0 aliphatic carbocycles. The maximum Gasteiger partial charge on any atom is 0.261 e. The van der Waals surface area contributed by atoms with Crippen LogP contribution in [0.3, 0.4) is 0 Å². The van der Waals surface area contributed by atoms with Crippen LogP contribution in [0.5, 0.6) is 0 Å². The third-order valence-electron chi connectivity index (χ3n) is 4.08. The van der Waals surface area contributed by atoms with Gasteiger partial charge in [-0.05, 0) is 50.2 Å². The van der Waals surface area contributed by atoms with E-state index in [2.05, 4.69) is 4.72 Å².